The number of nitro groups is 1. The van der Waals surface area contributed by atoms with Gasteiger partial charge in [0.15, 0.2) is 5.03 Å². The molecule has 0 aliphatic carbocycles. The predicted octanol–water partition coefficient (Wildman–Crippen LogP) is 2.12. The Morgan fingerprint density at radius 3 is 2.66 bits per heavy atom. The van der Waals surface area contributed by atoms with Gasteiger partial charge in [-0.3, -0.25) is 4.98 Å². The molecule has 3 atom stereocenters. The molecular formula is C17H24F3N7O4S. The number of guanidine groups is 1. The van der Waals surface area contributed by atoms with Gasteiger partial charge < -0.3 is 15.4 Å². The first-order chi connectivity index (χ1) is 14.9. The molecule has 2 rings (SSSR count). The molecule has 1 aliphatic heterocycles. The van der Waals surface area contributed by atoms with Crippen molar-refractivity contribution in [1.82, 2.24) is 15.6 Å². The van der Waals surface area contributed by atoms with Crippen molar-refractivity contribution in [3.8, 4) is 6.19 Å². The zero-order chi connectivity index (χ0) is 24.4. The van der Waals surface area contributed by atoms with E-state index in [1.165, 1.54) is 25.4 Å². The highest BCUT2D eigenvalue weighted by atomic mass is 32.2. The molecule has 0 amide bonds. The lowest BCUT2D eigenvalue weighted by Crippen LogP contribution is -2.38. The first-order valence-electron chi connectivity index (χ1n) is 9.25. The van der Waals surface area contributed by atoms with Crippen LogP contribution in [0.5, 0.6) is 0 Å². The summed E-state index contributed by atoms with van der Waals surface area (Å²) in [4.78, 5) is 13.3. The Morgan fingerprint density at radius 1 is 1.53 bits per heavy atom. The van der Waals surface area contributed by atoms with Gasteiger partial charge in [-0.2, -0.15) is 18.4 Å². The first kappa shape index (κ1) is 27.0. The Morgan fingerprint density at radius 2 is 2.22 bits per heavy atom. The zero-order valence-electron chi connectivity index (χ0n) is 17.6. The lowest BCUT2D eigenvalue weighted by molar-refractivity contribution is -0.485. The fourth-order valence-corrected chi connectivity index (χ4v) is 3.43. The molecule has 32 heavy (non-hydrogen) atoms. The summed E-state index contributed by atoms with van der Waals surface area (Å²) in [6.45, 7) is 3.65. The third-order valence-corrected chi connectivity index (χ3v) is 6.45. The van der Waals surface area contributed by atoms with Crippen LogP contribution >= 0.6 is 0 Å². The van der Waals surface area contributed by atoms with Crippen LogP contribution in [-0.4, -0.2) is 53.2 Å². The summed E-state index contributed by atoms with van der Waals surface area (Å²) in [7, 11) is -1.24. The maximum absolute atomic E-state index is 12.3. The first-order valence-corrected chi connectivity index (χ1v) is 11.2. The number of aromatic nitrogens is 1. The molecule has 1 saturated heterocycles. The van der Waals surface area contributed by atoms with E-state index < -0.39 is 31.9 Å². The highest BCUT2D eigenvalue weighted by molar-refractivity contribution is 7.93. The van der Waals surface area contributed by atoms with Crippen LogP contribution in [0, 0.1) is 27.5 Å². The van der Waals surface area contributed by atoms with Crippen LogP contribution in [0.3, 0.4) is 0 Å². The van der Waals surface area contributed by atoms with E-state index in [-0.39, 0.29) is 5.96 Å². The van der Waals surface area contributed by atoms with Gasteiger partial charge in [0, 0.05) is 38.6 Å². The molecule has 0 spiro atoms. The fourth-order valence-electron chi connectivity index (χ4n) is 2.47. The van der Waals surface area contributed by atoms with Gasteiger partial charge in [-0.1, -0.05) is 6.07 Å². The van der Waals surface area contributed by atoms with Gasteiger partial charge in [0.25, 0.3) is 5.96 Å². The van der Waals surface area contributed by atoms with E-state index in [0.717, 1.165) is 25.3 Å². The largest absolute Gasteiger partial charge is 0.433 e. The third-order valence-electron chi connectivity index (χ3n) is 4.42. The van der Waals surface area contributed by atoms with Crippen LogP contribution in [0.2, 0.25) is 0 Å². The molecule has 11 nitrogen and oxygen atoms in total. The molecule has 3 unspecified atom stereocenters. The minimum absolute atomic E-state index is 0.182. The monoisotopic (exact) mass is 479 g/mol. The SMILES string of the molecule is CC(c1ccc(C(F)(F)F)nc1)S(C)(=O)=NC#N.CN/C(=N/[N+](=O)[O-])NCC1CCOC1. The average Bonchev–Trinajstić information content (AvgIpc) is 3.24. The highest BCUT2D eigenvalue weighted by Gasteiger charge is 2.32. The Kier molecular flexibility index (Phi) is 10.3. The summed E-state index contributed by atoms with van der Waals surface area (Å²) < 4.78 is 57.3. The van der Waals surface area contributed by atoms with Crippen LogP contribution in [0.15, 0.2) is 27.8 Å². The molecule has 2 heterocycles. The Balaban J connectivity index is 0.000000330. The second-order valence-electron chi connectivity index (χ2n) is 6.72. The molecule has 0 aromatic carbocycles. The van der Waals surface area contributed by atoms with Gasteiger partial charge in [-0.25, -0.2) is 14.3 Å². The number of hydrogen-bond acceptors (Lipinski definition) is 7. The minimum Gasteiger partial charge on any atom is -0.381 e. The number of nitriles is 1. The molecule has 0 bridgehead atoms. The Bertz CT molecular complexity index is 948. The molecule has 1 fully saturated rings. The van der Waals surface area contributed by atoms with E-state index >= 15 is 0 Å². The molecule has 15 heteroatoms. The zero-order valence-corrected chi connectivity index (χ0v) is 18.4. The van der Waals surface area contributed by atoms with E-state index in [2.05, 4.69) is 25.1 Å². The van der Waals surface area contributed by atoms with Crippen molar-refractivity contribution in [3.63, 3.8) is 0 Å². The van der Waals surface area contributed by atoms with Crippen molar-refractivity contribution in [1.29, 1.82) is 5.26 Å². The second kappa shape index (κ2) is 12.2. The summed E-state index contributed by atoms with van der Waals surface area (Å²) in [5.41, 5.74) is -0.673. The number of rotatable bonds is 5. The number of halogens is 3. The van der Waals surface area contributed by atoms with Crippen LogP contribution in [0.4, 0.5) is 13.2 Å². The quantitative estimate of drug-likeness (QED) is 0.214. The van der Waals surface area contributed by atoms with Crippen LogP contribution in [-0.2, 0) is 20.6 Å². The average molecular weight is 479 g/mol. The molecule has 1 aromatic heterocycles. The summed E-state index contributed by atoms with van der Waals surface area (Å²) in [6.07, 6.45) is 0.204. The van der Waals surface area contributed by atoms with Gasteiger partial charge in [-0.05, 0) is 25.0 Å². The molecule has 1 aliphatic rings. The van der Waals surface area contributed by atoms with Crippen molar-refractivity contribution < 1.29 is 27.1 Å². The normalized spacial score (nSPS) is 18.9. The lowest BCUT2D eigenvalue weighted by atomic mass is 10.1. The van der Waals surface area contributed by atoms with E-state index in [9.17, 15) is 27.5 Å². The molecule has 178 valence electrons. The maximum Gasteiger partial charge on any atom is 0.433 e. The molecular weight excluding hydrogens is 455 g/mol. The molecule has 2 N–H and O–H groups in total. The number of nitrogens with one attached hydrogen (secondary N) is 2. The van der Waals surface area contributed by atoms with Crippen molar-refractivity contribution in [2.45, 2.75) is 24.8 Å². The van der Waals surface area contributed by atoms with E-state index in [4.69, 9.17) is 10.00 Å². The van der Waals surface area contributed by atoms with Gasteiger partial charge >= 0.3 is 6.18 Å². The number of hydrazone groups is 1. The predicted molar refractivity (Wildman–Crippen MR) is 110 cm³/mol. The lowest BCUT2D eigenvalue weighted by Gasteiger charge is -2.13. The summed E-state index contributed by atoms with van der Waals surface area (Å²) in [5.74, 6) is 0.599. The second-order valence-corrected chi connectivity index (χ2v) is 9.33. The van der Waals surface area contributed by atoms with Gasteiger partial charge in [0.2, 0.25) is 6.19 Å². The van der Waals surface area contributed by atoms with Crippen molar-refractivity contribution in [2.75, 3.05) is 33.1 Å². The fraction of sp³-hybridized carbons (Fsp3) is 0.588. The van der Waals surface area contributed by atoms with Gasteiger partial charge in [0.1, 0.15) is 10.8 Å². The Hall–Kier alpha value is -2.99. The van der Waals surface area contributed by atoms with Crippen LogP contribution in [0.1, 0.15) is 29.9 Å². The number of ether oxygens (including phenoxy) is 1. The standard InChI is InChI=1S/C10H10F3N3OS.C7H14N4O3/c1-7(18(2,17)16-6-14)8-3-4-9(15-5-8)10(11,12)13;1-8-7(10-11(12)13)9-4-6-2-3-14-5-6/h3-5,7H,1-2H3;6H,2-5H2,1H3,(H2,8,9,10). The van der Waals surface area contributed by atoms with E-state index in [0.29, 0.717) is 24.6 Å². The number of hydrogen-bond donors (Lipinski definition) is 2. The molecule has 0 radical (unpaired) electrons. The van der Waals surface area contributed by atoms with Crippen molar-refractivity contribution in [3.05, 3.63) is 39.7 Å². The smallest absolute Gasteiger partial charge is 0.381 e. The highest BCUT2D eigenvalue weighted by Crippen LogP contribution is 2.29. The van der Waals surface area contributed by atoms with Crippen molar-refractivity contribution >= 4 is 15.7 Å². The minimum atomic E-state index is -4.51. The summed E-state index contributed by atoms with van der Waals surface area (Å²) >= 11 is 0. The number of pyridine rings is 1. The van der Waals surface area contributed by atoms with Crippen molar-refractivity contribution in [2.24, 2.45) is 15.4 Å². The van der Waals surface area contributed by atoms with Crippen LogP contribution in [0.25, 0.3) is 0 Å². The van der Waals surface area contributed by atoms with E-state index in [1.807, 2.05) is 0 Å². The number of alkyl halides is 3. The topological polar surface area (TPSA) is 155 Å². The molecule has 1 aromatic rings. The van der Waals surface area contributed by atoms with Crippen LogP contribution < -0.4 is 10.6 Å². The molecule has 0 saturated carbocycles. The summed E-state index contributed by atoms with van der Waals surface area (Å²) in [5, 5.41) is 25.7. The summed E-state index contributed by atoms with van der Waals surface area (Å²) in [6, 6.07) is 2.00. The van der Waals surface area contributed by atoms with E-state index in [1.54, 1.807) is 7.05 Å². The Labute approximate surface area is 183 Å². The number of nitrogens with zero attached hydrogens (tertiary/aromatic N) is 5. The van der Waals surface area contributed by atoms with Gasteiger partial charge in [0.05, 0.1) is 21.6 Å². The third kappa shape index (κ3) is 9.02. The van der Waals surface area contributed by atoms with Gasteiger partial charge in [-0.15, -0.1) is 4.36 Å². The maximum atomic E-state index is 12.3.